The van der Waals surface area contributed by atoms with Crippen LogP contribution in [0.15, 0.2) is 0 Å². The molecule has 0 bridgehead atoms. The van der Waals surface area contributed by atoms with Crippen molar-refractivity contribution in [3.05, 3.63) is 0 Å². The van der Waals surface area contributed by atoms with E-state index in [9.17, 15) is 9.59 Å². The molecule has 0 rings (SSSR count). The summed E-state index contributed by atoms with van der Waals surface area (Å²) in [5, 5.41) is 8.32. The van der Waals surface area contributed by atoms with E-state index < -0.39 is 11.9 Å². The minimum atomic E-state index is -1.02. The first-order chi connectivity index (χ1) is 5.82. The highest BCUT2D eigenvalue weighted by Crippen LogP contribution is 2.14. The average Bonchev–Trinajstić information content (AvgIpc) is 1.84. The molecular weight excluding hydrogens is 187 g/mol. The van der Waals surface area contributed by atoms with Gasteiger partial charge in [0.25, 0.3) is 0 Å². The van der Waals surface area contributed by atoms with Crippen LogP contribution in [0.5, 0.6) is 0 Å². The van der Waals surface area contributed by atoms with E-state index in [0.717, 1.165) is 0 Å². The SMILES string of the molecule is CCC(C(C)=O)C(=O)O.CP(C)C. The number of Topliss-reactive ketones (excluding diaryl/α,β-unsaturated/α-hetero) is 1. The van der Waals surface area contributed by atoms with Gasteiger partial charge >= 0.3 is 5.97 Å². The Kier molecular flexibility index (Phi) is 9.48. The Morgan fingerprint density at radius 2 is 1.62 bits per heavy atom. The fraction of sp³-hybridized carbons (Fsp3) is 0.778. The molecule has 0 fully saturated rings. The molecule has 4 heteroatoms. The maximum absolute atomic E-state index is 10.4. The highest BCUT2D eigenvalue weighted by Gasteiger charge is 2.19. The van der Waals surface area contributed by atoms with Gasteiger partial charge in [-0.15, -0.1) is 7.92 Å². The summed E-state index contributed by atoms with van der Waals surface area (Å²) in [6.07, 6.45) is 0.380. The third kappa shape index (κ3) is 11.6. The lowest BCUT2D eigenvalue weighted by molar-refractivity contribution is -0.145. The monoisotopic (exact) mass is 206 g/mol. The van der Waals surface area contributed by atoms with Crippen LogP contribution in [0.4, 0.5) is 0 Å². The van der Waals surface area contributed by atoms with Gasteiger partial charge in [-0.05, 0) is 33.3 Å². The van der Waals surface area contributed by atoms with Crippen LogP contribution in [-0.2, 0) is 9.59 Å². The van der Waals surface area contributed by atoms with Crippen LogP contribution in [0, 0.1) is 5.92 Å². The third-order valence-electron chi connectivity index (χ3n) is 1.20. The van der Waals surface area contributed by atoms with E-state index in [2.05, 4.69) is 20.0 Å². The zero-order valence-corrected chi connectivity index (χ0v) is 9.89. The summed E-state index contributed by atoms with van der Waals surface area (Å²) < 4.78 is 0. The van der Waals surface area contributed by atoms with E-state index in [4.69, 9.17) is 5.11 Å². The molecule has 1 N–H and O–H groups in total. The molecule has 0 amide bonds. The van der Waals surface area contributed by atoms with Gasteiger partial charge in [0.05, 0.1) is 0 Å². The van der Waals surface area contributed by atoms with Crippen LogP contribution in [-0.4, -0.2) is 36.9 Å². The standard InChI is InChI=1S/C6H10O3.C3H9P/c1-3-5(4(2)7)6(8)9;1-4(2)3/h5H,3H2,1-2H3,(H,8,9);1-3H3. The lowest BCUT2D eigenvalue weighted by Gasteiger charge is -2.01. The predicted molar refractivity (Wildman–Crippen MR) is 56.8 cm³/mol. The second kappa shape index (κ2) is 8.18. The Hall–Kier alpha value is -0.430. The number of carbonyl (C=O) groups excluding carboxylic acids is 1. The van der Waals surface area contributed by atoms with Crippen molar-refractivity contribution >= 4 is 19.7 Å². The summed E-state index contributed by atoms with van der Waals surface area (Å²) in [5.41, 5.74) is 0. The number of carbonyl (C=O) groups is 2. The van der Waals surface area contributed by atoms with Gasteiger partial charge in [-0.25, -0.2) is 0 Å². The van der Waals surface area contributed by atoms with Crippen molar-refractivity contribution in [2.45, 2.75) is 20.3 Å². The summed E-state index contributed by atoms with van der Waals surface area (Å²) >= 11 is 0. The van der Waals surface area contributed by atoms with Gasteiger partial charge in [-0.3, -0.25) is 9.59 Å². The maximum Gasteiger partial charge on any atom is 0.314 e. The molecule has 1 unspecified atom stereocenters. The van der Waals surface area contributed by atoms with Gasteiger partial charge in [0.15, 0.2) is 0 Å². The quantitative estimate of drug-likeness (QED) is 0.568. The number of carboxylic acid groups (broad SMARTS) is 1. The normalized spacial score (nSPS) is 11.5. The second-order valence-corrected chi connectivity index (χ2v) is 5.93. The minimum Gasteiger partial charge on any atom is -0.481 e. The molecule has 3 nitrogen and oxygen atoms in total. The molecule has 0 aliphatic heterocycles. The number of hydrogen-bond acceptors (Lipinski definition) is 2. The molecule has 1 atom stereocenters. The van der Waals surface area contributed by atoms with Crippen molar-refractivity contribution in [3.8, 4) is 0 Å². The topological polar surface area (TPSA) is 54.4 Å². The fourth-order valence-electron chi connectivity index (χ4n) is 0.636. The molecule has 0 radical (unpaired) electrons. The van der Waals surface area contributed by atoms with Gasteiger partial charge in [0, 0.05) is 0 Å². The molecule has 0 aliphatic carbocycles. The number of hydrogen-bond donors (Lipinski definition) is 1. The van der Waals surface area contributed by atoms with Crippen LogP contribution in [0.1, 0.15) is 20.3 Å². The lowest BCUT2D eigenvalue weighted by Crippen LogP contribution is -2.19. The van der Waals surface area contributed by atoms with Crippen molar-refractivity contribution in [2.24, 2.45) is 5.92 Å². The molecule has 78 valence electrons. The van der Waals surface area contributed by atoms with Crippen molar-refractivity contribution < 1.29 is 14.7 Å². The molecule has 0 aromatic heterocycles. The predicted octanol–water partition coefficient (Wildman–Crippen LogP) is 2.04. The first-order valence-corrected chi connectivity index (χ1v) is 6.85. The van der Waals surface area contributed by atoms with Gasteiger partial charge in [-0.2, -0.15) is 0 Å². The van der Waals surface area contributed by atoms with E-state index in [-0.39, 0.29) is 5.78 Å². The van der Waals surface area contributed by atoms with Gasteiger partial charge in [0.1, 0.15) is 11.7 Å². The van der Waals surface area contributed by atoms with Crippen LogP contribution in [0.3, 0.4) is 0 Å². The zero-order valence-electron chi connectivity index (χ0n) is 9.00. The van der Waals surface area contributed by atoms with Crippen molar-refractivity contribution in [1.82, 2.24) is 0 Å². The van der Waals surface area contributed by atoms with Crippen molar-refractivity contribution in [1.29, 1.82) is 0 Å². The van der Waals surface area contributed by atoms with Gasteiger partial charge < -0.3 is 5.11 Å². The Balaban J connectivity index is 0. The van der Waals surface area contributed by atoms with Crippen molar-refractivity contribution in [3.63, 3.8) is 0 Å². The third-order valence-corrected chi connectivity index (χ3v) is 1.20. The van der Waals surface area contributed by atoms with E-state index in [1.165, 1.54) is 6.92 Å². The van der Waals surface area contributed by atoms with Crippen molar-refractivity contribution in [2.75, 3.05) is 20.0 Å². The molecule has 0 saturated heterocycles. The van der Waals surface area contributed by atoms with Gasteiger partial charge in [-0.1, -0.05) is 6.92 Å². The van der Waals surface area contributed by atoms with Crippen LogP contribution in [0.2, 0.25) is 0 Å². The van der Waals surface area contributed by atoms with E-state index in [0.29, 0.717) is 14.3 Å². The first kappa shape index (κ1) is 15.1. The first-order valence-electron chi connectivity index (χ1n) is 4.17. The average molecular weight is 206 g/mol. The molecule has 0 aliphatic rings. The molecular formula is C9H19O3P. The number of carboxylic acids is 1. The summed E-state index contributed by atoms with van der Waals surface area (Å²) in [6.45, 7) is 9.67. The summed E-state index contributed by atoms with van der Waals surface area (Å²) in [6, 6.07) is 0. The zero-order chi connectivity index (χ0) is 11.0. The molecule has 0 spiro atoms. The van der Waals surface area contributed by atoms with Crippen LogP contribution < -0.4 is 0 Å². The molecule has 0 aromatic rings. The molecule has 0 aromatic carbocycles. The highest BCUT2D eigenvalue weighted by atomic mass is 31.1. The van der Waals surface area contributed by atoms with Crippen LogP contribution in [0.25, 0.3) is 0 Å². The Bertz CT molecular complexity index is 149. The highest BCUT2D eigenvalue weighted by molar-refractivity contribution is 7.55. The largest absolute Gasteiger partial charge is 0.481 e. The molecule has 13 heavy (non-hydrogen) atoms. The molecule has 0 heterocycles. The number of rotatable bonds is 3. The summed E-state index contributed by atoms with van der Waals surface area (Å²) in [5.74, 6) is -2.10. The Labute approximate surface area is 81.3 Å². The Morgan fingerprint density at radius 1 is 1.31 bits per heavy atom. The van der Waals surface area contributed by atoms with Gasteiger partial charge in [0.2, 0.25) is 0 Å². The van der Waals surface area contributed by atoms with Crippen LogP contribution >= 0.6 is 7.92 Å². The molecule has 0 saturated carbocycles. The maximum atomic E-state index is 10.4. The second-order valence-electron chi connectivity index (χ2n) is 3.25. The van der Waals surface area contributed by atoms with E-state index in [1.54, 1.807) is 6.92 Å². The summed E-state index contributed by atoms with van der Waals surface area (Å²) in [7, 11) is 0.380. The van der Waals surface area contributed by atoms with E-state index in [1.807, 2.05) is 0 Å². The lowest BCUT2D eigenvalue weighted by atomic mass is 10.0. The smallest absolute Gasteiger partial charge is 0.314 e. The number of ketones is 1. The summed E-state index contributed by atoms with van der Waals surface area (Å²) in [4.78, 5) is 20.6. The van der Waals surface area contributed by atoms with E-state index >= 15 is 0 Å². The number of aliphatic carboxylic acids is 1. The minimum absolute atomic E-state index is 0.273. The Morgan fingerprint density at radius 3 is 1.62 bits per heavy atom. The fourth-order valence-corrected chi connectivity index (χ4v) is 0.636.